The Morgan fingerprint density at radius 1 is 0.750 bits per heavy atom. The van der Waals surface area contributed by atoms with Crippen molar-refractivity contribution in [3.8, 4) is 0 Å². The molecule has 0 saturated carbocycles. The summed E-state index contributed by atoms with van der Waals surface area (Å²) < 4.78 is 0. The third-order valence-corrected chi connectivity index (χ3v) is 2.27. The number of nitrogens with zero attached hydrogens (tertiary/aromatic N) is 7. The summed E-state index contributed by atoms with van der Waals surface area (Å²) in [6.45, 7) is 4.00. The summed E-state index contributed by atoms with van der Waals surface area (Å²) in [5.74, 6) is -4.41. The number of likely N-dealkylation sites (N-methyl/N-ethyl adjacent to an activating group) is 4. The predicted molar refractivity (Wildman–Crippen MR) is 121 cm³/mol. The highest BCUT2D eigenvalue weighted by molar-refractivity contribution is 6.35. The van der Waals surface area contributed by atoms with Gasteiger partial charge >= 0.3 is 25.1 Å². The largest absolute Gasteiger partial charge is 1.00 e. The number of hydrogen-bond acceptors (Lipinski definition) is 12. The first-order chi connectivity index (χ1) is 16.5. The molecule has 36 heavy (non-hydrogen) atoms. The second kappa shape index (κ2) is 30.0. The first-order valence-electron chi connectivity index (χ1n) is 9.10. The summed E-state index contributed by atoms with van der Waals surface area (Å²) >= 11 is 0. The maximum Gasteiger partial charge on any atom is 1.00 e. The molecule has 0 saturated heterocycles. The van der Waals surface area contributed by atoms with Crippen LogP contribution in [-0.4, -0.2) is 103 Å². The second-order valence-corrected chi connectivity index (χ2v) is 4.21. The highest BCUT2D eigenvalue weighted by atomic mass is 16.7. The monoisotopic (exact) mass is 536 g/mol. The summed E-state index contributed by atoms with van der Waals surface area (Å²) in [5.41, 5.74) is 7.61. The minimum Gasteiger partial charge on any atom is -0.382 e. The molecule has 0 unspecified atom stereocenters. The van der Waals surface area contributed by atoms with Crippen molar-refractivity contribution in [2.45, 2.75) is 13.8 Å². The molecule has 0 bridgehead atoms. The van der Waals surface area contributed by atoms with E-state index in [0.29, 0.717) is 14.1 Å². The lowest BCUT2D eigenvalue weighted by Crippen LogP contribution is -2.46. The van der Waals surface area contributed by atoms with Crippen LogP contribution < -0.4 is 21.8 Å². The van der Waals surface area contributed by atoms with E-state index in [1.807, 2.05) is 13.8 Å². The van der Waals surface area contributed by atoms with E-state index < -0.39 is 43.8 Å². The number of amides is 4. The van der Waals surface area contributed by atoms with Gasteiger partial charge in [-0.1, -0.05) is 30.9 Å². The number of hydrogen-bond donors (Lipinski definition) is 4. The molecule has 23 heteroatoms. The Bertz CT molecular complexity index is 653. The zero-order valence-electron chi connectivity index (χ0n) is 22.2. The van der Waals surface area contributed by atoms with Gasteiger partial charge in [0.15, 0.2) is 15.1 Å². The maximum atomic E-state index is 10.8. The van der Waals surface area contributed by atoms with Crippen LogP contribution in [0.1, 0.15) is 15.3 Å². The quantitative estimate of drug-likeness (QED) is 0.153. The number of nitrogens with one attached hydrogen (secondary N) is 3. The molecule has 0 aliphatic carbocycles. The van der Waals surface area contributed by atoms with Crippen LogP contribution in [0.3, 0.4) is 0 Å². The number of carbonyl (C=O) groups excluding carboxylic acids is 4. The van der Waals surface area contributed by atoms with E-state index >= 15 is 0 Å². The summed E-state index contributed by atoms with van der Waals surface area (Å²) in [6.07, 6.45) is 0. The Morgan fingerprint density at radius 3 is 1.03 bits per heavy atom. The zero-order chi connectivity index (χ0) is 30.6. The molecule has 0 aliphatic rings. The molecule has 212 valence electrons. The van der Waals surface area contributed by atoms with Crippen molar-refractivity contribution in [1.82, 2.24) is 26.1 Å². The van der Waals surface area contributed by atoms with Gasteiger partial charge in [-0.25, -0.2) is 30.3 Å². The molecule has 0 fully saturated rings. The molecule has 0 atom stereocenters. The minimum absolute atomic E-state index is 0. The van der Waals surface area contributed by atoms with Gasteiger partial charge in [-0.2, -0.15) is 0 Å². The molecule has 23 nitrogen and oxygen atoms in total. The summed E-state index contributed by atoms with van der Waals surface area (Å²) in [4.78, 5) is 80.2. The Kier molecular flexibility index (Phi) is 37.3. The highest BCUT2D eigenvalue weighted by Gasteiger charge is 2.34. The summed E-state index contributed by atoms with van der Waals surface area (Å²) in [7, 11) is 8.36. The molecule has 0 aromatic rings. The average molecular weight is 536 g/mol. The SMILES string of the molecule is CC.CN(C(=O)C(=O)N(C)[N+](=O)[O-])[N+](=O)[O-].CNC(=O)C(=O)NC.CN[N+](=O)[O-].C[N-][N+](=O)[O-].C[NH3+].[H+]. The van der Waals surface area contributed by atoms with Crippen molar-refractivity contribution in [2.75, 3.05) is 49.3 Å². The van der Waals surface area contributed by atoms with E-state index in [0.717, 1.165) is 7.05 Å². The van der Waals surface area contributed by atoms with Crippen molar-refractivity contribution in [1.29, 1.82) is 0 Å². The van der Waals surface area contributed by atoms with Gasteiger partial charge in [-0.05, 0) is 5.03 Å². The first-order valence-corrected chi connectivity index (χ1v) is 9.10. The molecule has 0 rings (SSSR count). The van der Waals surface area contributed by atoms with Crippen LogP contribution in [0.2, 0.25) is 0 Å². The normalized spacial score (nSPS) is 7.39. The molecule has 0 heterocycles. The molecule has 0 spiro atoms. The Hall–Kier alpha value is -4.96. The van der Waals surface area contributed by atoms with Crippen LogP contribution in [0.5, 0.6) is 0 Å². The van der Waals surface area contributed by atoms with Crippen LogP contribution >= 0.6 is 0 Å². The van der Waals surface area contributed by atoms with Crippen molar-refractivity contribution in [3.05, 3.63) is 45.9 Å². The van der Waals surface area contributed by atoms with Gasteiger partial charge in [0.1, 0.15) is 0 Å². The lowest BCUT2D eigenvalue weighted by molar-refractivity contribution is -0.635. The van der Waals surface area contributed by atoms with Gasteiger partial charge in [-0.15, -0.1) is 5.43 Å². The van der Waals surface area contributed by atoms with Gasteiger partial charge in [0, 0.05) is 14.1 Å². The molecular weight excluding hydrogens is 502 g/mol. The molecule has 6 N–H and O–H groups in total. The fourth-order valence-corrected chi connectivity index (χ4v) is 0.652. The number of hydrazine groups is 3. The van der Waals surface area contributed by atoms with Crippen molar-refractivity contribution >= 4 is 23.6 Å². The van der Waals surface area contributed by atoms with E-state index in [4.69, 9.17) is 20.2 Å². The van der Waals surface area contributed by atoms with E-state index in [9.17, 15) is 39.4 Å². The molecule has 4 amide bonds. The Balaban J connectivity index is -0.0000000668. The van der Waals surface area contributed by atoms with Crippen molar-refractivity contribution in [2.24, 2.45) is 0 Å². The van der Waals surface area contributed by atoms with Crippen LogP contribution in [0, 0.1) is 40.5 Å². The van der Waals surface area contributed by atoms with Crippen LogP contribution in [-0.2, 0) is 19.2 Å². The van der Waals surface area contributed by atoms with E-state index in [-0.39, 0.29) is 11.4 Å². The number of rotatable bonds is 4. The van der Waals surface area contributed by atoms with Crippen LogP contribution in [0.4, 0.5) is 0 Å². The maximum absolute atomic E-state index is 10.8. The van der Waals surface area contributed by atoms with Gasteiger partial charge in [0.2, 0.25) is 0 Å². The highest BCUT2D eigenvalue weighted by Crippen LogP contribution is 1.92. The van der Waals surface area contributed by atoms with E-state index in [2.05, 4.69) is 21.8 Å². The molecule has 0 aliphatic heterocycles. The molecular formula is C13H34N11O12+. The molecule has 0 aromatic carbocycles. The summed E-state index contributed by atoms with van der Waals surface area (Å²) in [6, 6.07) is 0. The smallest absolute Gasteiger partial charge is 0.382 e. The lowest BCUT2D eigenvalue weighted by atomic mass is 10.5. The average Bonchev–Trinajstić information content (AvgIpc) is 2.88. The summed E-state index contributed by atoms with van der Waals surface area (Å²) in [5, 5.41) is 38.4. The van der Waals surface area contributed by atoms with Crippen LogP contribution in [0.15, 0.2) is 0 Å². The lowest BCUT2D eigenvalue weighted by Gasteiger charge is -2.07. The molecule has 0 radical (unpaired) electrons. The second-order valence-electron chi connectivity index (χ2n) is 4.21. The third-order valence-electron chi connectivity index (χ3n) is 2.27. The number of carbonyl (C=O) groups is 4. The Labute approximate surface area is 206 Å². The zero-order valence-corrected chi connectivity index (χ0v) is 21.2. The Morgan fingerprint density at radius 2 is 0.944 bits per heavy atom. The van der Waals surface area contributed by atoms with E-state index in [1.165, 1.54) is 21.1 Å². The van der Waals surface area contributed by atoms with Gasteiger partial charge in [0.25, 0.3) is 0 Å². The number of nitro groups is 4. The van der Waals surface area contributed by atoms with Gasteiger partial charge < -0.3 is 21.8 Å². The standard InChI is InChI=1S/C4H6N4O6.C4H8N2O2.C2H6.CH4N2O2.CH3N2O2.CH5N/c1-5(7(11)12)3(9)4(10)6(2)8(13)14;1-5-3(7)4(8)6-2;1-2;2*1-2-3(4)5;1-2/h1-2H3;1-2H3,(H,5,7)(H,6,8);1-2H3;2H,1H3;1H3;2H2,1H3/q;;;;-1;/p+2. The first kappa shape index (κ1) is 44.7. The fraction of sp³-hybridized carbons (Fsp3) is 0.692. The fourth-order valence-electron chi connectivity index (χ4n) is 0.652. The van der Waals surface area contributed by atoms with Gasteiger partial charge in [0.05, 0.1) is 28.2 Å². The minimum atomic E-state index is -1.59. The predicted octanol–water partition coefficient (Wildman–Crippen LogP) is -3.66. The molecule has 0 aromatic heterocycles. The van der Waals surface area contributed by atoms with E-state index in [1.54, 1.807) is 12.5 Å². The van der Waals surface area contributed by atoms with Crippen molar-refractivity contribution < 1.29 is 46.5 Å². The third kappa shape index (κ3) is 31.2. The van der Waals surface area contributed by atoms with Crippen LogP contribution in [0.25, 0.3) is 5.43 Å². The number of quaternary nitrogens is 1. The topological polar surface area (TPSA) is 325 Å². The van der Waals surface area contributed by atoms with Gasteiger partial charge in [-0.3, -0.25) is 29.3 Å². The van der Waals surface area contributed by atoms with Crippen molar-refractivity contribution in [3.63, 3.8) is 0 Å².